The van der Waals surface area contributed by atoms with Crippen molar-refractivity contribution >= 4 is 11.6 Å². The summed E-state index contributed by atoms with van der Waals surface area (Å²) in [5.41, 5.74) is 3.01. The Kier molecular flexibility index (Phi) is 4.02. The minimum atomic E-state index is -0.0997. The molecule has 0 radical (unpaired) electrons. The second-order valence-corrected chi connectivity index (χ2v) is 6.61. The van der Waals surface area contributed by atoms with Crippen LogP contribution < -0.4 is 4.74 Å². The molecule has 3 nitrogen and oxygen atoms in total. The average molecular weight is 331 g/mol. The molecule has 1 fully saturated rings. The molecule has 1 saturated heterocycles. The van der Waals surface area contributed by atoms with E-state index in [-0.39, 0.29) is 24.7 Å². The number of hydrogen-bond donors (Lipinski definition) is 1. The fourth-order valence-electron chi connectivity index (χ4n) is 3.76. The van der Waals surface area contributed by atoms with Crippen molar-refractivity contribution in [1.82, 2.24) is 0 Å². The van der Waals surface area contributed by atoms with Gasteiger partial charge in [0, 0.05) is 23.1 Å². The standard InChI is InChI=1S/C19H19ClO3/c20-13-7-8-17-16(10-13)18-15(6-3-9-22-18)19(23-17)14-5-2-1-4-12(14)11-21/h1-2,4-5,7-8,10,15,18-19,21H,3,6,9,11H2/t15-,18-,19+/m1/s1. The highest BCUT2D eigenvalue weighted by atomic mass is 35.5. The van der Waals surface area contributed by atoms with Crippen molar-refractivity contribution in [2.24, 2.45) is 5.92 Å². The molecule has 2 aromatic rings. The lowest BCUT2D eigenvalue weighted by molar-refractivity contribution is -0.0853. The van der Waals surface area contributed by atoms with E-state index in [2.05, 4.69) is 0 Å². The van der Waals surface area contributed by atoms with Crippen molar-refractivity contribution in [3.05, 3.63) is 64.2 Å². The first-order chi connectivity index (χ1) is 11.3. The van der Waals surface area contributed by atoms with E-state index in [0.29, 0.717) is 5.02 Å². The SMILES string of the molecule is OCc1ccccc1[C@@H]1Oc2ccc(Cl)cc2[C@@H]2OCCC[C@@H]12. The first kappa shape index (κ1) is 15.0. The predicted molar refractivity (Wildman–Crippen MR) is 88.6 cm³/mol. The highest BCUT2D eigenvalue weighted by Crippen LogP contribution is 2.51. The van der Waals surface area contributed by atoms with Crippen molar-refractivity contribution in [3.8, 4) is 5.75 Å². The van der Waals surface area contributed by atoms with Crippen LogP contribution in [0.2, 0.25) is 5.02 Å². The van der Waals surface area contributed by atoms with Gasteiger partial charge in [0.05, 0.1) is 12.7 Å². The number of aliphatic hydroxyl groups excluding tert-OH is 1. The first-order valence-corrected chi connectivity index (χ1v) is 8.42. The quantitative estimate of drug-likeness (QED) is 0.885. The molecule has 3 atom stereocenters. The van der Waals surface area contributed by atoms with Crippen molar-refractivity contribution < 1.29 is 14.6 Å². The Hall–Kier alpha value is -1.55. The molecule has 4 rings (SSSR count). The van der Waals surface area contributed by atoms with Crippen LogP contribution in [0.5, 0.6) is 5.75 Å². The van der Waals surface area contributed by atoms with E-state index < -0.39 is 0 Å². The zero-order chi connectivity index (χ0) is 15.8. The summed E-state index contributed by atoms with van der Waals surface area (Å²) < 4.78 is 12.4. The smallest absolute Gasteiger partial charge is 0.130 e. The second-order valence-electron chi connectivity index (χ2n) is 6.18. The molecule has 2 aliphatic heterocycles. The van der Waals surface area contributed by atoms with Crippen LogP contribution in [0.1, 0.15) is 41.7 Å². The molecule has 4 heteroatoms. The summed E-state index contributed by atoms with van der Waals surface area (Å²) in [5.74, 6) is 1.07. The number of ether oxygens (including phenoxy) is 2. The van der Waals surface area contributed by atoms with Gasteiger partial charge in [0.1, 0.15) is 11.9 Å². The van der Waals surface area contributed by atoms with Crippen LogP contribution in [0.3, 0.4) is 0 Å². The third kappa shape index (κ3) is 2.63. The summed E-state index contributed by atoms with van der Waals surface area (Å²) >= 11 is 6.16. The van der Waals surface area contributed by atoms with Crippen molar-refractivity contribution in [2.75, 3.05) is 6.61 Å². The number of rotatable bonds is 2. The Balaban J connectivity index is 1.80. The van der Waals surface area contributed by atoms with Gasteiger partial charge < -0.3 is 14.6 Å². The molecule has 23 heavy (non-hydrogen) atoms. The Morgan fingerprint density at radius 3 is 2.83 bits per heavy atom. The molecule has 120 valence electrons. The molecular weight excluding hydrogens is 312 g/mol. The molecule has 1 N–H and O–H groups in total. The van der Waals surface area contributed by atoms with Gasteiger partial charge in [0.2, 0.25) is 0 Å². The van der Waals surface area contributed by atoms with Gasteiger partial charge in [-0.05, 0) is 42.2 Å². The number of halogens is 1. The van der Waals surface area contributed by atoms with Gasteiger partial charge in [-0.2, -0.15) is 0 Å². The minimum absolute atomic E-state index is 0.00273. The monoisotopic (exact) mass is 330 g/mol. The Morgan fingerprint density at radius 1 is 1.09 bits per heavy atom. The number of benzene rings is 2. The lowest BCUT2D eigenvalue weighted by atomic mass is 9.79. The second kappa shape index (κ2) is 6.16. The lowest BCUT2D eigenvalue weighted by Gasteiger charge is -2.42. The van der Waals surface area contributed by atoms with E-state index >= 15 is 0 Å². The van der Waals surface area contributed by atoms with Gasteiger partial charge in [-0.25, -0.2) is 0 Å². The summed E-state index contributed by atoms with van der Waals surface area (Å²) in [5, 5.41) is 10.4. The molecule has 2 aliphatic rings. The van der Waals surface area contributed by atoms with Crippen LogP contribution in [0, 0.1) is 5.92 Å². The molecule has 0 aromatic heterocycles. The average Bonchev–Trinajstić information content (AvgIpc) is 2.61. The van der Waals surface area contributed by atoms with Gasteiger partial charge in [-0.15, -0.1) is 0 Å². The van der Waals surface area contributed by atoms with Crippen molar-refractivity contribution in [3.63, 3.8) is 0 Å². The van der Waals surface area contributed by atoms with Gasteiger partial charge in [0.25, 0.3) is 0 Å². The first-order valence-electron chi connectivity index (χ1n) is 8.04. The van der Waals surface area contributed by atoms with Crippen LogP contribution in [0.4, 0.5) is 0 Å². The van der Waals surface area contributed by atoms with Crippen molar-refractivity contribution in [2.45, 2.75) is 31.7 Å². The predicted octanol–water partition coefficient (Wildman–Crippen LogP) is 4.43. The minimum Gasteiger partial charge on any atom is -0.485 e. The van der Waals surface area contributed by atoms with Gasteiger partial charge in [-0.1, -0.05) is 35.9 Å². The Morgan fingerprint density at radius 2 is 1.96 bits per heavy atom. The van der Waals surface area contributed by atoms with E-state index in [1.807, 2.05) is 42.5 Å². The number of fused-ring (bicyclic) bond motifs is 3. The van der Waals surface area contributed by atoms with Gasteiger partial charge in [0.15, 0.2) is 0 Å². The molecule has 0 spiro atoms. The molecule has 0 saturated carbocycles. The van der Waals surface area contributed by atoms with Gasteiger partial charge >= 0.3 is 0 Å². The highest BCUT2D eigenvalue weighted by Gasteiger charge is 2.42. The molecule has 0 bridgehead atoms. The Labute approximate surface area is 140 Å². The van der Waals surface area contributed by atoms with Crippen LogP contribution in [-0.4, -0.2) is 11.7 Å². The van der Waals surface area contributed by atoms with Crippen LogP contribution in [-0.2, 0) is 11.3 Å². The molecule has 0 amide bonds. The summed E-state index contributed by atoms with van der Waals surface area (Å²) in [4.78, 5) is 0. The maximum atomic E-state index is 9.67. The highest BCUT2D eigenvalue weighted by molar-refractivity contribution is 6.30. The third-order valence-corrected chi connectivity index (χ3v) is 5.06. The Bertz CT molecular complexity index is 716. The zero-order valence-electron chi connectivity index (χ0n) is 12.7. The van der Waals surface area contributed by atoms with E-state index in [9.17, 15) is 5.11 Å². The van der Waals surface area contributed by atoms with Crippen LogP contribution in [0.15, 0.2) is 42.5 Å². The van der Waals surface area contributed by atoms with E-state index in [1.54, 1.807) is 0 Å². The largest absolute Gasteiger partial charge is 0.485 e. The van der Waals surface area contributed by atoms with E-state index in [4.69, 9.17) is 21.1 Å². The fraction of sp³-hybridized carbons (Fsp3) is 0.368. The third-order valence-electron chi connectivity index (χ3n) is 4.82. The summed E-state index contributed by atoms with van der Waals surface area (Å²) in [6.07, 6.45) is 1.97. The molecule has 0 unspecified atom stereocenters. The topological polar surface area (TPSA) is 38.7 Å². The fourth-order valence-corrected chi connectivity index (χ4v) is 3.94. The zero-order valence-corrected chi connectivity index (χ0v) is 13.5. The normalized spacial score (nSPS) is 26.1. The van der Waals surface area contributed by atoms with E-state index in [0.717, 1.165) is 41.9 Å². The molecule has 0 aliphatic carbocycles. The summed E-state index contributed by atoms with van der Waals surface area (Å²) in [6.45, 7) is 0.781. The van der Waals surface area contributed by atoms with Crippen molar-refractivity contribution in [1.29, 1.82) is 0 Å². The molecule has 2 aromatic carbocycles. The number of aliphatic hydroxyl groups is 1. The van der Waals surface area contributed by atoms with Crippen LogP contribution in [0.25, 0.3) is 0 Å². The lowest BCUT2D eigenvalue weighted by Crippen LogP contribution is -2.35. The summed E-state index contributed by atoms with van der Waals surface area (Å²) in [7, 11) is 0. The summed E-state index contributed by atoms with van der Waals surface area (Å²) in [6, 6.07) is 13.7. The maximum Gasteiger partial charge on any atom is 0.130 e. The van der Waals surface area contributed by atoms with E-state index in [1.165, 1.54) is 0 Å². The number of hydrogen-bond acceptors (Lipinski definition) is 3. The molecular formula is C19H19ClO3. The van der Waals surface area contributed by atoms with Crippen LogP contribution >= 0.6 is 11.6 Å². The molecule has 2 heterocycles. The maximum absolute atomic E-state index is 9.67. The van der Waals surface area contributed by atoms with Gasteiger partial charge in [-0.3, -0.25) is 0 Å².